The number of hydrogen-bond donors (Lipinski definition) is 1. The molecule has 0 aromatic rings. The van der Waals surface area contributed by atoms with E-state index < -0.39 is 5.97 Å². The topological polar surface area (TPSA) is 40.5 Å². The number of nitrogens with zero attached hydrogens (tertiary/aromatic N) is 1. The third-order valence-corrected chi connectivity index (χ3v) is 3.85. The molecule has 3 atom stereocenters. The van der Waals surface area contributed by atoms with Crippen molar-refractivity contribution in [1.29, 1.82) is 0 Å². The van der Waals surface area contributed by atoms with Crippen LogP contribution < -0.4 is 0 Å². The molecule has 90 valence electrons. The van der Waals surface area contributed by atoms with Gasteiger partial charge in [0.2, 0.25) is 0 Å². The minimum Gasteiger partial charge on any atom is -0.480 e. The van der Waals surface area contributed by atoms with Gasteiger partial charge in [0.1, 0.15) is 6.04 Å². The molecular weight excluding hydrogens is 202 g/mol. The minimum atomic E-state index is -0.648. The van der Waals surface area contributed by atoms with Gasteiger partial charge < -0.3 is 5.11 Å². The molecule has 0 saturated carbocycles. The summed E-state index contributed by atoms with van der Waals surface area (Å²) in [5.74, 6) is -0.101. The van der Waals surface area contributed by atoms with Crippen LogP contribution in [0.1, 0.15) is 39.0 Å². The Bertz CT molecular complexity index is 288. The number of carboxylic acid groups (broad SMARTS) is 1. The predicted molar refractivity (Wildman–Crippen MR) is 63.3 cm³/mol. The first kappa shape index (κ1) is 11.6. The molecule has 0 amide bonds. The molecule has 2 aliphatic rings. The van der Waals surface area contributed by atoms with E-state index in [0.717, 1.165) is 32.2 Å². The Hall–Kier alpha value is -0.830. The lowest BCUT2D eigenvalue weighted by atomic mass is 9.89. The van der Waals surface area contributed by atoms with E-state index in [0.29, 0.717) is 12.0 Å². The van der Waals surface area contributed by atoms with E-state index in [1.807, 2.05) is 0 Å². The second-order valence-corrected chi connectivity index (χ2v) is 5.15. The summed E-state index contributed by atoms with van der Waals surface area (Å²) in [4.78, 5) is 13.5. The van der Waals surface area contributed by atoms with Gasteiger partial charge >= 0.3 is 5.97 Å². The van der Waals surface area contributed by atoms with Crippen LogP contribution in [0, 0.1) is 5.92 Å². The number of hydrogen-bond acceptors (Lipinski definition) is 2. The van der Waals surface area contributed by atoms with E-state index in [4.69, 9.17) is 0 Å². The van der Waals surface area contributed by atoms with Gasteiger partial charge in [-0.05, 0) is 44.6 Å². The highest BCUT2D eigenvalue weighted by molar-refractivity contribution is 5.73. The molecule has 0 spiro atoms. The zero-order valence-electron chi connectivity index (χ0n) is 9.93. The highest BCUT2D eigenvalue weighted by Crippen LogP contribution is 2.28. The van der Waals surface area contributed by atoms with Gasteiger partial charge in [0, 0.05) is 6.04 Å². The quantitative estimate of drug-likeness (QED) is 0.730. The van der Waals surface area contributed by atoms with Crippen molar-refractivity contribution >= 4 is 5.97 Å². The third kappa shape index (κ3) is 2.46. The molecule has 0 radical (unpaired) electrons. The Morgan fingerprint density at radius 1 is 1.44 bits per heavy atom. The number of carboxylic acids is 1. The number of rotatable bonds is 2. The summed E-state index contributed by atoms with van der Waals surface area (Å²) in [6, 6.07) is 0.0962. The van der Waals surface area contributed by atoms with Crippen molar-refractivity contribution in [3.8, 4) is 0 Å². The van der Waals surface area contributed by atoms with Crippen LogP contribution in [0.3, 0.4) is 0 Å². The Morgan fingerprint density at radius 2 is 2.25 bits per heavy atom. The van der Waals surface area contributed by atoms with Crippen molar-refractivity contribution in [3.05, 3.63) is 12.2 Å². The number of piperidine rings is 1. The molecule has 0 bridgehead atoms. The molecule has 1 fully saturated rings. The van der Waals surface area contributed by atoms with E-state index >= 15 is 0 Å². The molecule has 3 heteroatoms. The fourth-order valence-corrected chi connectivity index (χ4v) is 2.87. The van der Waals surface area contributed by atoms with E-state index in [1.54, 1.807) is 0 Å². The van der Waals surface area contributed by atoms with Gasteiger partial charge in [-0.3, -0.25) is 9.69 Å². The van der Waals surface area contributed by atoms with Gasteiger partial charge in [0.25, 0.3) is 0 Å². The lowest BCUT2D eigenvalue weighted by Gasteiger charge is -2.41. The standard InChI is InChI=1S/C13H21NO2/c1-10-7-8-14(12(9-10)13(15)16)11-5-3-2-4-6-11/h3,5,10-12H,2,4,6-9H2,1H3,(H,15,16). The van der Waals surface area contributed by atoms with Crippen molar-refractivity contribution in [1.82, 2.24) is 4.90 Å². The maximum Gasteiger partial charge on any atom is 0.320 e. The van der Waals surface area contributed by atoms with Crippen molar-refractivity contribution in [3.63, 3.8) is 0 Å². The average Bonchev–Trinajstić information content (AvgIpc) is 2.30. The SMILES string of the molecule is CC1CCN(C2C=CCCC2)C(C(=O)O)C1. The summed E-state index contributed by atoms with van der Waals surface area (Å²) in [5.41, 5.74) is 0. The smallest absolute Gasteiger partial charge is 0.320 e. The van der Waals surface area contributed by atoms with Crippen molar-refractivity contribution in [2.24, 2.45) is 5.92 Å². The summed E-state index contributed by atoms with van der Waals surface area (Å²) in [7, 11) is 0. The molecule has 1 aliphatic heterocycles. The van der Waals surface area contributed by atoms with E-state index in [2.05, 4.69) is 24.0 Å². The summed E-state index contributed by atoms with van der Waals surface area (Å²) in [6.07, 6.45) is 9.81. The summed E-state index contributed by atoms with van der Waals surface area (Å²) in [5, 5.41) is 9.29. The summed E-state index contributed by atoms with van der Waals surface area (Å²) in [6.45, 7) is 3.09. The second-order valence-electron chi connectivity index (χ2n) is 5.15. The summed E-state index contributed by atoms with van der Waals surface area (Å²) >= 11 is 0. The zero-order chi connectivity index (χ0) is 11.5. The minimum absolute atomic E-state index is 0.267. The van der Waals surface area contributed by atoms with Crippen LogP contribution in [0.25, 0.3) is 0 Å². The maximum atomic E-state index is 11.3. The molecule has 2 rings (SSSR count). The first-order valence-corrected chi connectivity index (χ1v) is 6.33. The lowest BCUT2D eigenvalue weighted by molar-refractivity contribution is -0.146. The van der Waals surface area contributed by atoms with Gasteiger partial charge in [-0.25, -0.2) is 0 Å². The van der Waals surface area contributed by atoms with Crippen molar-refractivity contribution in [2.45, 2.75) is 51.1 Å². The second kappa shape index (κ2) is 5.00. The van der Waals surface area contributed by atoms with Crippen LogP contribution >= 0.6 is 0 Å². The molecule has 0 aromatic carbocycles. The number of likely N-dealkylation sites (tertiary alicyclic amines) is 1. The molecule has 16 heavy (non-hydrogen) atoms. The van der Waals surface area contributed by atoms with Crippen LogP contribution in [-0.4, -0.2) is 34.6 Å². The monoisotopic (exact) mass is 223 g/mol. The first-order valence-electron chi connectivity index (χ1n) is 6.33. The molecule has 1 saturated heterocycles. The van der Waals surface area contributed by atoms with Crippen LogP contribution in [0.4, 0.5) is 0 Å². The number of allylic oxidation sites excluding steroid dienone is 1. The zero-order valence-corrected chi connectivity index (χ0v) is 9.93. The Morgan fingerprint density at radius 3 is 2.88 bits per heavy atom. The Labute approximate surface area is 97.1 Å². The van der Waals surface area contributed by atoms with Gasteiger partial charge in [-0.1, -0.05) is 19.1 Å². The first-order chi connectivity index (χ1) is 7.68. The van der Waals surface area contributed by atoms with Gasteiger partial charge in [0.15, 0.2) is 0 Å². The predicted octanol–water partition coefficient (Wildman–Crippen LogP) is 2.28. The molecule has 0 aromatic heterocycles. The van der Waals surface area contributed by atoms with Crippen LogP contribution in [0.5, 0.6) is 0 Å². The molecule has 1 aliphatic carbocycles. The van der Waals surface area contributed by atoms with Gasteiger partial charge in [0.05, 0.1) is 0 Å². The van der Waals surface area contributed by atoms with Crippen LogP contribution in [0.2, 0.25) is 0 Å². The van der Waals surface area contributed by atoms with Crippen molar-refractivity contribution < 1.29 is 9.90 Å². The Balaban J connectivity index is 2.08. The average molecular weight is 223 g/mol. The molecular formula is C13H21NO2. The van der Waals surface area contributed by atoms with Crippen LogP contribution in [0.15, 0.2) is 12.2 Å². The molecule has 3 unspecified atom stereocenters. The Kier molecular flexibility index (Phi) is 3.64. The van der Waals surface area contributed by atoms with Crippen LogP contribution in [-0.2, 0) is 4.79 Å². The van der Waals surface area contributed by atoms with Crippen molar-refractivity contribution in [2.75, 3.05) is 6.54 Å². The number of carbonyl (C=O) groups is 1. The molecule has 1 N–H and O–H groups in total. The van der Waals surface area contributed by atoms with Gasteiger partial charge in [-0.2, -0.15) is 0 Å². The van der Waals surface area contributed by atoms with E-state index in [-0.39, 0.29) is 6.04 Å². The highest BCUT2D eigenvalue weighted by atomic mass is 16.4. The van der Waals surface area contributed by atoms with E-state index in [9.17, 15) is 9.90 Å². The van der Waals surface area contributed by atoms with Gasteiger partial charge in [-0.15, -0.1) is 0 Å². The maximum absolute atomic E-state index is 11.3. The summed E-state index contributed by atoms with van der Waals surface area (Å²) < 4.78 is 0. The highest BCUT2D eigenvalue weighted by Gasteiger charge is 2.35. The molecule has 3 nitrogen and oxygen atoms in total. The molecule has 1 heterocycles. The normalized spacial score (nSPS) is 36.2. The fraction of sp³-hybridized carbons (Fsp3) is 0.769. The lowest BCUT2D eigenvalue weighted by Crippen LogP contribution is -2.51. The number of aliphatic carboxylic acids is 1. The third-order valence-electron chi connectivity index (χ3n) is 3.85. The largest absolute Gasteiger partial charge is 0.480 e. The fourth-order valence-electron chi connectivity index (χ4n) is 2.87. The van der Waals surface area contributed by atoms with E-state index in [1.165, 1.54) is 6.42 Å².